The van der Waals surface area contributed by atoms with Gasteiger partial charge in [-0.2, -0.15) is 10.4 Å². The topological polar surface area (TPSA) is 81.8 Å². The number of carbonyl (C=O) groups excluding carboxylic acids is 1. The molecule has 2 fully saturated rings. The summed E-state index contributed by atoms with van der Waals surface area (Å²) in [7, 11) is 0. The molecule has 2 aromatic rings. The Hall–Kier alpha value is -2.95. The third kappa shape index (κ3) is 3.99. The first-order chi connectivity index (χ1) is 17.1. The molecule has 180 valence electrons. The Kier molecular flexibility index (Phi) is 5.95. The number of hydrogen-bond acceptors (Lipinski definition) is 6. The van der Waals surface area contributed by atoms with Crippen LogP contribution < -0.4 is 5.01 Å². The van der Waals surface area contributed by atoms with E-state index in [0.29, 0.717) is 54.4 Å². The first-order valence-corrected chi connectivity index (χ1v) is 13.0. The largest absolute Gasteiger partial charge is 0.378 e. The second kappa shape index (κ2) is 9.25. The molecule has 1 saturated carbocycles. The van der Waals surface area contributed by atoms with E-state index in [0.717, 1.165) is 35.5 Å². The maximum atomic E-state index is 13.0. The van der Waals surface area contributed by atoms with Crippen molar-refractivity contribution in [2.75, 3.05) is 31.3 Å². The lowest BCUT2D eigenvalue weighted by atomic mass is 9.76. The summed E-state index contributed by atoms with van der Waals surface area (Å²) in [6.45, 7) is 2.37. The highest BCUT2D eigenvalue weighted by atomic mass is 35.5. The number of benzene rings is 1. The number of ether oxygens (including phenoxy) is 1. The lowest BCUT2D eigenvalue weighted by Crippen LogP contribution is -2.42. The van der Waals surface area contributed by atoms with Crippen molar-refractivity contribution in [1.82, 2.24) is 9.88 Å². The van der Waals surface area contributed by atoms with Gasteiger partial charge in [-0.05, 0) is 61.9 Å². The Morgan fingerprint density at radius 2 is 1.91 bits per heavy atom. The summed E-state index contributed by atoms with van der Waals surface area (Å²) < 4.78 is 5.38. The maximum Gasteiger partial charge on any atom is 0.272 e. The third-order valence-corrected chi connectivity index (χ3v) is 8.25. The number of halogens is 1. The standard InChI is InChI=1S/C27H28ClN5O2/c28-22-15-19(6-5-18(22)16-29)33-26(17-3-1-2-4-17)21-8-9-23-20(25(21)31-33)7-10-24(30-23)27(34)32-11-13-35-14-12-32/h5-7,10,15,17,21,26H,1-4,8-9,11-14H2. The summed E-state index contributed by atoms with van der Waals surface area (Å²) in [5.41, 5.74) is 5.01. The minimum Gasteiger partial charge on any atom is -0.378 e. The number of rotatable bonds is 3. The number of fused-ring (bicyclic) bond motifs is 3. The number of carbonyl (C=O) groups is 1. The fourth-order valence-corrected chi connectivity index (χ4v) is 6.43. The zero-order valence-corrected chi connectivity index (χ0v) is 20.4. The third-order valence-electron chi connectivity index (χ3n) is 7.94. The lowest BCUT2D eigenvalue weighted by Gasteiger charge is -2.34. The summed E-state index contributed by atoms with van der Waals surface area (Å²) in [5, 5.41) is 17.1. The molecule has 2 unspecified atom stereocenters. The highest BCUT2D eigenvalue weighted by molar-refractivity contribution is 6.32. The van der Waals surface area contributed by atoms with Crippen LogP contribution in [0.1, 0.15) is 59.4 Å². The van der Waals surface area contributed by atoms with E-state index in [2.05, 4.69) is 11.1 Å². The lowest BCUT2D eigenvalue weighted by molar-refractivity contribution is 0.0299. The molecule has 1 saturated heterocycles. The highest BCUT2D eigenvalue weighted by Gasteiger charge is 2.46. The molecule has 2 aliphatic carbocycles. The minimum atomic E-state index is -0.0238. The van der Waals surface area contributed by atoms with Crippen molar-refractivity contribution in [2.24, 2.45) is 16.9 Å². The fraction of sp³-hybridized carbons (Fsp3) is 0.481. The van der Waals surface area contributed by atoms with E-state index in [-0.39, 0.29) is 11.9 Å². The van der Waals surface area contributed by atoms with Crippen LogP contribution in [0.4, 0.5) is 5.69 Å². The number of nitriles is 1. The number of aryl methyl sites for hydroxylation is 1. The zero-order valence-electron chi connectivity index (χ0n) is 19.6. The summed E-state index contributed by atoms with van der Waals surface area (Å²) in [6, 6.07) is 11.9. The monoisotopic (exact) mass is 489 g/mol. The van der Waals surface area contributed by atoms with Gasteiger partial charge in [0.15, 0.2) is 0 Å². The summed E-state index contributed by atoms with van der Waals surface area (Å²) in [6.07, 6.45) is 6.75. The second-order valence-electron chi connectivity index (χ2n) is 9.88. The molecule has 0 bridgehead atoms. The van der Waals surface area contributed by atoms with Crippen LogP contribution in [0.25, 0.3) is 0 Å². The van der Waals surface area contributed by atoms with Gasteiger partial charge < -0.3 is 9.64 Å². The Balaban J connectivity index is 1.35. The number of aromatic nitrogens is 1. The number of hydrazone groups is 1. The van der Waals surface area contributed by atoms with E-state index in [4.69, 9.17) is 26.4 Å². The van der Waals surface area contributed by atoms with Crippen LogP contribution in [0.2, 0.25) is 5.02 Å². The van der Waals surface area contributed by atoms with Gasteiger partial charge in [-0.15, -0.1) is 0 Å². The van der Waals surface area contributed by atoms with Crippen molar-refractivity contribution >= 4 is 28.9 Å². The van der Waals surface area contributed by atoms with Crippen molar-refractivity contribution < 1.29 is 9.53 Å². The molecule has 8 heteroatoms. The van der Waals surface area contributed by atoms with Gasteiger partial charge in [-0.25, -0.2) is 4.98 Å². The molecule has 2 aliphatic heterocycles. The smallest absolute Gasteiger partial charge is 0.272 e. The summed E-state index contributed by atoms with van der Waals surface area (Å²) >= 11 is 6.41. The molecule has 2 atom stereocenters. The van der Waals surface area contributed by atoms with Crippen molar-refractivity contribution in [2.45, 2.75) is 44.6 Å². The number of morpholine rings is 1. The molecule has 35 heavy (non-hydrogen) atoms. The van der Waals surface area contributed by atoms with Crippen molar-refractivity contribution in [3.8, 4) is 6.07 Å². The molecule has 1 aromatic carbocycles. The maximum absolute atomic E-state index is 13.0. The van der Waals surface area contributed by atoms with Crippen molar-refractivity contribution in [3.05, 3.63) is 57.9 Å². The van der Waals surface area contributed by atoms with E-state index in [1.165, 1.54) is 25.7 Å². The van der Waals surface area contributed by atoms with Crippen LogP contribution in [0.5, 0.6) is 0 Å². The van der Waals surface area contributed by atoms with E-state index < -0.39 is 0 Å². The normalized spacial score (nSPS) is 24.1. The first-order valence-electron chi connectivity index (χ1n) is 12.6. The van der Waals surface area contributed by atoms with Crippen LogP contribution >= 0.6 is 11.6 Å². The zero-order chi connectivity index (χ0) is 23.9. The molecular weight excluding hydrogens is 462 g/mol. The van der Waals surface area contributed by atoms with Crippen LogP contribution in [-0.4, -0.2) is 53.8 Å². The van der Waals surface area contributed by atoms with Gasteiger partial charge in [0.05, 0.1) is 46.9 Å². The van der Waals surface area contributed by atoms with E-state index in [1.54, 1.807) is 6.07 Å². The van der Waals surface area contributed by atoms with Gasteiger partial charge in [0, 0.05) is 24.6 Å². The molecule has 6 rings (SSSR count). The fourth-order valence-electron chi connectivity index (χ4n) is 6.21. The van der Waals surface area contributed by atoms with E-state index in [9.17, 15) is 10.1 Å². The Bertz CT molecular complexity index is 1230. The predicted molar refractivity (Wildman–Crippen MR) is 134 cm³/mol. The highest BCUT2D eigenvalue weighted by Crippen LogP contribution is 2.45. The summed E-state index contributed by atoms with van der Waals surface area (Å²) in [4.78, 5) is 19.6. The number of hydrogen-bond donors (Lipinski definition) is 0. The minimum absolute atomic E-state index is 0.0238. The Morgan fingerprint density at radius 3 is 2.66 bits per heavy atom. The van der Waals surface area contributed by atoms with Crippen molar-refractivity contribution in [3.63, 3.8) is 0 Å². The van der Waals surface area contributed by atoms with Gasteiger partial charge in [0.1, 0.15) is 11.8 Å². The second-order valence-corrected chi connectivity index (χ2v) is 10.3. The van der Waals surface area contributed by atoms with E-state index in [1.807, 2.05) is 29.2 Å². The quantitative estimate of drug-likeness (QED) is 0.637. The van der Waals surface area contributed by atoms with Crippen LogP contribution in [0.3, 0.4) is 0 Å². The first kappa shape index (κ1) is 22.5. The number of nitrogens with zero attached hydrogens (tertiary/aromatic N) is 5. The van der Waals surface area contributed by atoms with Crippen LogP contribution in [-0.2, 0) is 11.2 Å². The molecule has 1 amide bonds. The summed E-state index contributed by atoms with van der Waals surface area (Å²) in [5.74, 6) is 0.874. The predicted octanol–water partition coefficient (Wildman–Crippen LogP) is 4.42. The average molecular weight is 490 g/mol. The molecule has 0 radical (unpaired) electrons. The molecule has 0 spiro atoms. The van der Waals surface area contributed by atoms with Gasteiger partial charge >= 0.3 is 0 Å². The van der Waals surface area contributed by atoms with Gasteiger partial charge in [0.25, 0.3) is 5.91 Å². The van der Waals surface area contributed by atoms with Gasteiger partial charge in [-0.1, -0.05) is 24.4 Å². The van der Waals surface area contributed by atoms with Gasteiger partial charge in [0.2, 0.25) is 0 Å². The molecule has 7 nitrogen and oxygen atoms in total. The molecule has 4 aliphatic rings. The molecule has 3 heterocycles. The van der Waals surface area contributed by atoms with Crippen LogP contribution in [0.15, 0.2) is 35.4 Å². The van der Waals surface area contributed by atoms with Crippen LogP contribution in [0, 0.1) is 23.2 Å². The van der Waals surface area contributed by atoms with Gasteiger partial charge in [-0.3, -0.25) is 9.80 Å². The van der Waals surface area contributed by atoms with E-state index >= 15 is 0 Å². The SMILES string of the molecule is N#Cc1ccc(N2N=C3c4ccc(C(=O)N5CCOCC5)nc4CCC3C2C2CCCC2)cc1Cl. The number of anilines is 1. The molecule has 1 aromatic heterocycles. The Morgan fingerprint density at radius 1 is 1.11 bits per heavy atom. The van der Waals surface area contributed by atoms with Crippen molar-refractivity contribution in [1.29, 1.82) is 5.26 Å². The molecular formula is C27H28ClN5O2. The number of pyridine rings is 1. The molecule has 0 N–H and O–H groups in total. The average Bonchev–Trinajstić information content (AvgIpc) is 3.56. The Labute approximate surface area is 210 Å². The number of amides is 1.